The Kier molecular flexibility index (Phi) is 5.18. The third-order valence-electron chi connectivity index (χ3n) is 2.90. The summed E-state index contributed by atoms with van der Waals surface area (Å²) in [6.45, 7) is 0. The molecule has 0 amide bonds. The topological polar surface area (TPSA) is 61.1 Å². The minimum absolute atomic E-state index is 0.582. The van der Waals surface area contributed by atoms with Gasteiger partial charge in [-0.1, -0.05) is 35.7 Å². The summed E-state index contributed by atoms with van der Waals surface area (Å²) < 4.78 is 2.22. The smallest absolute Gasteiger partial charge is 0.183 e. The Bertz CT molecular complexity index is 845. The number of aliphatic imine (C=N–C) groups is 1. The van der Waals surface area contributed by atoms with E-state index < -0.39 is 0 Å². The number of hydrogen-bond acceptors (Lipinski definition) is 6. The van der Waals surface area contributed by atoms with Crippen LogP contribution in [0.1, 0.15) is 0 Å². The summed E-state index contributed by atoms with van der Waals surface area (Å²) in [5.41, 5.74) is 1.85. The van der Waals surface area contributed by atoms with Gasteiger partial charge in [0.25, 0.3) is 0 Å². The predicted molar refractivity (Wildman–Crippen MR) is 99.5 cm³/mol. The molecule has 0 radical (unpaired) electrons. The van der Waals surface area contributed by atoms with Gasteiger partial charge >= 0.3 is 0 Å². The first kappa shape index (κ1) is 15.9. The number of nitrogens with zero attached hydrogens (tertiary/aromatic N) is 3. The average Bonchev–Trinajstić information content (AvgIpc) is 2.98. The molecule has 114 valence electrons. The molecule has 0 saturated heterocycles. The summed E-state index contributed by atoms with van der Waals surface area (Å²) in [4.78, 5) is 10.1. The summed E-state index contributed by atoms with van der Waals surface area (Å²) in [7, 11) is 0. The van der Waals surface area contributed by atoms with Gasteiger partial charge in [-0.05, 0) is 42.7 Å². The zero-order valence-electron chi connectivity index (χ0n) is 12.2. The van der Waals surface area contributed by atoms with Crippen molar-refractivity contribution in [2.45, 2.75) is 9.24 Å². The highest BCUT2D eigenvalue weighted by Crippen LogP contribution is 2.34. The number of rotatable bonds is 3. The van der Waals surface area contributed by atoms with Crippen molar-refractivity contribution < 1.29 is 0 Å². The van der Waals surface area contributed by atoms with Gasteiger partial charge in [0, 0.05) is 4.90 Å². The number of nitrogens with one attached hydrogen (secondary N) is 1. The molecule has 0 unspecified atom stereocenters. The fraction of sp³-hybridized carbons (Fsp3) is 0.0625. The van der Waals surface area contributed by atoms with Gasteiger partial charge < -0.3 is 0 Å². The van der Waals surface area contributed by atoms with Crippen LogP contribution in [0.25, 0.3) is 10.2 Å². The molecule has 2 aromatic carbocycles. The number of hydrogen-bond donors (Lipinski definition) is 1. The molecule has 0 aliphatic carbocycles. The van der Waals surface area contributed by atoms with Crippen LogP contribution in [0.4, 0.5) is 5.69 Å². The summed E-state index contributed by atoms with van der Waals surface area (Å²) in [5, 5.41) is 11.8. The number of benzene rings is 2. The van der Waals surface area contributed by atoms with Crippen LogP contribution >= 0.6 is 34.9 Å². The SMILES string of the molecule is CSC(=Nc1ccc(Sc2nc3ccccc3s2)cc1)NC#N. The van der Waals surface area contributed by atoms with E-state index in [9.17, 15) is 0 Å². The zero-order chi connectivity index (χ0) is 16.1. The lowest BCUT2D eigenvalue weighted by atomic mass is 10.3. The second-order valence-corrected chi connectivity index (χ2v) is 7.55. The molecule has 4 nitrogen and oxygen atoms in total. The van der Waals surface area contributed by atoms with Crippen LogP contribution < -0.4 is 5.32 Å². The summed E-state index contributed by atoms with van der Waals surface area (Å²) >= 11 is 4.74. The molecule has 23 heavy (non-hydrogen) atoms. The van der Waals surface area contributed by atoms with E-state index in [-0.39, 0.29) is 0 Å². The molecule has 0 aliphatic heterocycles. The molecule has 3 aromatic rings. The molecule has 3 rings (SSSR count). The average molecular weight is 357 g/mol. The molecule has 0 spiro atoms. The normalized spacial score (nSPS) is 11.4. The molecule has 1 aromatic heterocycles. The van der Waals surface area contributed by atoms with E-state index in [1.807, 2.05) is 54.9 Å². The third kappa shape index (κ3) is 4.05. The van der Waals surface area contributed by atoms with Crippen molar-refractivity contribution in [3.8, 4) is 6.19 Å². The lowest BCUT2D eigenvalue weighted by molar-refractivity contribution is 1.27. The van der Waals surface area contributed by atoms with Gasteiger partial charge in [0.05, 0.1) is 15.9 Å². The van der Waals surface area contributed by atoms with Crippen molar-refractivity contribution in [2.75, 3.05) is 6.26 Å². The number of nitriles is 1. The van der Waals surface area contributed by atoms with Crippen molar-refractivity contribution in [3.05, 3.63) is 48.5 Å². The third-order valence-corrected chi connectivity index (χ3v) is 5.59. The molecule has 1 heterocycles. The van der Waals surface area contributed by atoms with Crippen LogP contribution in [0.5, 0.6) is 0 Å². The zero-order valence-corrected chi connectivity index (χ0v) is 14.6. The van der Waals surface area contributed by atoms with Crippen molar-refractivity contribution in [3.63, 3.8) is 0 Å². The molecular formula is C16H12N4S3. The Morgan fingerprint density at radius 3 is 2.70 bits per heavy atom. The van der Waals surface area contributed by atoms with Crippen LogP contribution in [-0.4, -0.2) is 16.4 Å². The van der Waals surface area contributed by atoms with Gasteiger partial charge in [-0.15, -0.1) is 11.3 Å². The summed E-state index contributed by atoms with van der Waals surface area (Å²) in [6.07, 6.45) is 3.76. The predicted octanol–water partition coefficient (Wildman–Crippen LogP) is 4.87. The molecule has 0 aliphatic rings. The summed E-state index contributed by atoms with van der Waals surface area (Å²) in [5.74, 6) is 0. The Labute approximate surface area is 146 Å². The minimum Gasteiger partial charge on any atom is -0.271 e. The number of aromatic nitrogens is 1. The highest BCUT2D eigenvalue weighted by Gasteiger charge is 2.05. The van der Waals surface area contributed by atoms with Crippen molar-refractivity contribution in [2.24, 2.45) is 4.99 Å². The maximum absolute atomic E-state index is 8.65. The second-order valence-electron chi connectivity index (χ2n) is 4.40. The van der Waals surface area contributed by atoms with Crippen LogP contribution in [0, 0.1) is 11.5 Å². The molecular weight excluding hydrogens is 344 g/mol. The second kappa shape index (κ2) is 7.51. The number of thioether (sulfide) groups is 1. The Morgan fingerprint density at radius 1 is 1.22 bits per heavy atom. The lowest BCUT2D eigenvalue weighted by Crippen LogP contribution is -2.12. The largest absolute Gasteiger partial charge is 0.271 e. The number of fused-ring (bicyclic) bond motifs is 1. The van der Waals surface area contributed by atoms with Crippen molar-refractivity contribution in [1.29, 1.82) is 5.26 Å². The van der Waals surface area contributed by atoms with Crippen LogP contribution in [0.3, 0.4) is 0 Å². The fourth-order valence-electron chi connectivity index (χ4n) is 1.87. The van der Waals surface area contributed by atoms with Crippen LogP contribution in [0.2, 0.25) is 0 Å². The first-order valence-corrected chi connectivity index (χ1v) is 9.55. The van der Waals surface area contributed by atoms with Crippen LogP contribution in [-0.2, 0) is 0 Å². The Balaban J connectivity index is 1.76. The first-order valence-electron chi connectivity index (χ1n) is 6.70. The summed E-state index contributed by atoms with van der Waals surface area (Å²) in [6, 6.07) is 16.0. The van der Waals surface area contributed by atoms with Gasteiger partial charge in [-0.2, -0.15) is 5.26 Å². The van der Waals surface area contributed by atoms with E-state index in [1.165, 1.54) is 16.5 Å². The van der Waals surface area contributed by atoms with Crippen LogP contribution in [0.15, 0.2) is 62.8 Å². The highest BCUT2D eigenvalue weighted by molar-refractivity contribution is 8.13. The number of amidine groups is 1. The first-order chi connectivity index (χ1) is 11.3. The Morgan fingerprint density at radius 2 is 2.00 bits per heavy atom. The number of para-hydroxylation sites is 1. The van der Waals surface area contributed by atoms with E-state index in [1.54, 1.807) is 23.1 Å². The van der Waals surface area contributed by atoms with E-state index in [0.29, 0.717) is 5.17 Å². The fourth-order valence-corrected chi connectivity index (χ4v) is 4.26. The van der Waals surface area contributed by atoms with Gasteiger partial charge in [0.1, 0.15) is 0 Å². The monoisotopic (exact) mass is 356 g/mol. The van der Waals surface area contributed by atoms with Gasteiger partial charge in [-0.25, -0.2) is 9.98 Å². The maximum atomic E-state index is 8.65. The van der Waals surface area contributed by atoms with E-state index in [2.05, 4.69) is 21.4 Å². The van der Waals surface area contributed by atoms with Crippen molar-refractivity contribution >= 4 is 55.9 Å². The van der Waals surface area contributed by atoms with E-state index in [0.717, 1.165) is 20.4 Å². The Hall–Kier alpha value is -2.01. The maximum Gasteiger partial charge on any atom is 0.183 e. The van der Waals surface area contributed by atoms with Crippen molar-refractivity contribution in [1.82, 2.24) is 10.3 Å². The van der Waals surface area contributed by atoms with E-state index in [4.69, 9.17) is 5.26 Å². The lowest BCUT2D eigenvalue weighted by Gasteiger charge is -2.01. The molecule has 1 N–H and O–H groups in total. The molecule has 0 atom stereocenters. The molecule has 0 fully saturated rings. The quantitative estimate of drug-likeness (QED) is 0.314. The molecule has 0 bridgehead atoms. The van der Waals surface area contributed by atoms with Gasteiger partial charge in [0.15, 0.2) is 15.7 Å². The molecule has 0 saturated carbocycles. The number of thiazole rings is 1. The highest BCUT2D eigenvalue weighted by atomic mass is 32.2. The van der Waals surface area contributed by atoms with Gasteiger partial charge in [-0.3, -0.25) is 5.32 Å². The van der Waals surface area contributed by atoms with E-state index >= 15 is 0 Å². The van der Waals surface area contributed by atoms with Gasteiger partial charge in [0.2, 0.25) is 0 Å². The minimum atomic E-state index is 0.582. The standard InChI is InChI=1S/C16H12N4S3/c1-21-15(18-10-17)19-11-6-8-12(9-7-11)22-16-20-13-4-2-3-5-14(13)23-16/h2-9H,1H3,(H,18,19). The molecule has 7 heteroatoms.